The molecule has 0 aliphatic carbocycles. The lowest BCUT2D eigenvalue weighted by atomic mass is 9.81. The summed E-state index contributed by atoms with van der Waals surface area (Å²) in [7, 11) is 1.19. The second kappa shape index (κ2) is 10.7. The summed E-state index contributed by atoms with van der Waals surface area (Å²) in [6, 6.07) is 13.5. The standard InChI is InChI=1S/C27H21Cl3F2N2O3/c1-27(2,16-4-9-19(28)20(29)12-16)23-13-33-24(34(23)18-7-5-17(31)6-8-18)14-37-25-21(30)10-15(11-22(25)32)26(35)36-3/h4-13H,14H2,1-3H3. The second-order valence-corrected chi connectivity index (χ2v) is 9.90. The minimum absolute atomic E-state index is 0.0455. The van der Waals surface area contributed by atoms with E-state index in [9.17, 15) is 13.6 Å². The Morgan fingerprint density at radius 3 is 2.30 bits per heavy atom. The predicted molar refractivity (Wildman–Crippen MR) is 139 cm³/mol. The first-order chi connectivity index (χ1) is 17.5. The predicted octanol–water partition coefficient (Wildman–Crippen LogP) is 7.80. The average molecular weight is 566 g/mol. The van der Waals surface area contributed by atoms with Gasteiger partial charge in [0, 0.05) is 17.3 Å². The average Bonchev–Trinajstić information content (AvgIpc) is 3.29. The molecule has 4 aromatic rings. The van der Waals surface area contributed by atoms with Crippen LogP contribution in [0.4, 0.5) is 8.78 Å². The molecule has 0 atom stereocenters. The number of hydrogen-bond donors (Lipinski definition) is 0. The van der Waals surface area contributed by atoms with E-state index in [1.807, 2.05) is 19.9 Å². The van der Waals surface area contributed by atoms with Crippen molar-refractivity contribution in [2.45, 2.75) is 25.9 Å². The maximum atomic E-state index is 14.8. The largest absolute Gasteiger partial charge is 0.481 e. The van der Waals surface area contributed by atoms with Crippen LogP contribution >= 0.6 is 34.8 Å². The maximum Gasteiger partial charge on any atom is 0.338 e. The lowest BCUT2D eigenvalue weighted by Gasteiger charge is -2.28. The molecule has 0 spiro atoms. The van der Waals surface area contributed by atoms with Crippen molar-refractivity contribution in [3.05, 3.63) is 110 Å². The van der Waals surface area contributed by atoms with Crippen LogP contribution in [0.3, 0.4) is 0 Å². The van der Waals surface area contributed by atoms with E-state index in [1.54, 1.807) is 35.0 Å². The monoisotopic (exact) mass is 564 g/mol. The van der Waals surface area contributed by atoms with Gasteiger partial charge in [-0.1, -0.05) is 54.7 Å². The third-order valence-electron chi connectivity index (χ3n) is 5.97. The molecule has 0 fully saturated rings. The molecule has 0 radical (unpaired) electrons. The van der Waals surface area contributed by atoms with Gasteiger partial charge in [0.2, 0.25) is 0 Å². The van der Waals surface area contributed by atoms with Gasteiger partial charge in [-0.25, -0.2) is 18.6 Å². The number of halogens is 5. The summed E-state index contributed by atoms with van der Waals surface area (Å²) in [5.74, 6) is -1.79. The topological polar surface area (TPSA) is 53.4 Å². The highest BCUT2D eigenvalue weighted by molar-refractivity contribution is 6.42. The fraction of sp³-hybridized carbons (Fsp3) is 0.185. The molecule has 3 aromatic carbocycles. The smallest absolute Gasteiger partial charge is 0.338 e. The number of aromatic nitrogens is 2. The van der Waals surface area contributed by atoms with E-state index in [1.165, 1.54) is 25.3 Å². The van der Waals surface area contributed by atoms with Gasteiger partial charge in [0.05, 0.1) is 33.4 Å². The Morgan fingerprint density at radius 1 is 0.973 bits per heavy atom. The van der Waals surface area contributed by atoms with Crippen molar-refractivity contribution in [2.24, 2.45) is 0 Å². The molecule has 0 N–H and O–H groups in total. The van der Waals surface area contributed by atoms with Crippen LogP contribution in [-0.4, -0.2) is 22.6 Å². The van der Waals surface area contributed by atoms with Gasteiger partial charge in [-0.3, -0.25) is 4.57 Å². The summed E-state index contributed by atoms with van der Waals surface area (Å²) in [5.41, 5.74) is 1.55. The molecule has 0 aliphatic heterocycles. The first kappa shape index (κ1) is 26.9. The SMILES string of the molecule is COC(=O)c1cc(F)c(OCc2ncc(C(C)(C)c3ccc(Cl)c(Cl)c3)n2-c2ccc(F)cc2)c(Cl)c1. The molecule has 0 amide bonds. The molecule has 10 heteroatoms. The number of methoxy groups -OCH3 is 1. The number of carbonyl (C=O) groups excluding carboxylic acids is 1. The van der Waals surface area contributed by atoms with Gasteiger partial charge < -0.3 is 9.47 Å². The molecule has 5 nitrogen and oxygen atoms in total. The molecule has 0 saturated heterocycles. The van der Waals surface area contributed by atoms with Gasteiger partial charge in [-0.15, -0.1) is 0 Å². The molecule has 0 bridgehead atoms. The zero-order chi connectivity index (χ0) is 26.9. The molecular weight excluding hydrogens is 545 g/mol. The zero-order valence-electron chi connectivity index (χ0n) is 20.0. The van der Waals surface area contributed by atoms with Crippen LogP contribution < -0.4 is 4.74 Å². The van der Waals surface area contributed by atoms with Crippen molar-refractivity contribution >= 4 is 40.8 Å². The number of rotatable bonds is 7. The van der Waals surface area contributed by atoms with Gasteiger partial charge in [-0.2, -0.15) is 0 Å². The Bertz CT molecular complexity index is 1450. The summed E-state index contributed by atoms with van der Waals surface area (Å²) >= 11 is 18.6. The number of hydrogen-bond acceptors (Lipinski definition) is 4. The fourth-order valence-electron chi connectivity index (χ4n) is 3.91. The minimum Gasteiger partial charge on any atom is -0.481 e. The Kier molecular flexibility index (Phi) is 7.78. The third kappa shape index (κ3) is 5.44. The Hall–Kier alpha value is -3.13. The molecule has 1 aromatic heterocycles. The van der Waals surface area contributed by atoms with Crippen LogP contribution in [0.2, 0.25) is 15.1 Å². The number of imidazole rings is 1. The molecule has 0 aliphatic rings. The third-order valence-corrected chi connectivity index (χ3v) is 6.99. The number of carbonyl (C=O) groups is 1. The van der Waals surface area contributed by atoms with Crippen LogP contribution in [-0.2, 0) is 16.8 Å². The van der Waals surface area contributed by atoms with Crippen LogP contribution in [0.1, 0.15) is 41.3 Å². The van der Waals surface area contributed by atoms with E-state index < -0.39 is 23.0 Å². The van der Waals surface area contributed by atoms with Gasteiger partial charge in [-0.05, 0) is 54.1 Å². The first-order valence-corrected chi connectivity index (χ1v) is 12.1. The summed E-state index contributed by atoms with van der Waals surface area (Å²) in [5, 5.41) is 0.736. The van der Waals surface area contributed by atoms with Crippen LogP contribution in [0.15, 0.2) is 60.8 Å². The highest BCUT2D eigenvalue weighted by Gasteiger charge is 2.30. The van der Waals surface area contributed by atoms with E-state index in [-0.39, 0.29) is 22.9 Å². The van der Waals surface area contributed by atoms with Gasteiger partial charge >= 0.3 is 5.97 Å². The first-order valence-electron chi connectivity index (χ1n) is 11.0. The lowest BCUT2D eigenvalue weighted by Crippen LogP contribution is -2.24. The normalized spacial score (nSPS) is 11.5. The van der Waals surface area contributed by atoms with Gasteiger partial charge in [0.1, 0.15) is 12.4 Å². The molecule has 0 unspecified atom stereocenters. The van der Waals surface area contributed by atoms with Crippen molar-refractivity contribution in [2.75, 3.05) is 7.11 Å². The molecule has 37 heavy (non-hydrogen) atoms. The summed E-state index contributed by atoms with van der Waals surface area (Å²) in [6.07, 6.45) is 1.67. The summed E-state index contributed by atoms with van der Waals surface area (Å²) in [6.45, 7) is 3.79. The Morgan fingerprint density at radius 2 is 1.68 bits per heavy atom. The van der Waals surface area contributed by atoms with E-state index in [0.29, 0.717) is 21.6 Å². The molecule has 4 rings (SSSR count). The molecule has 192 valence electrons. The number of benzene rings is 3. The van der Waals surface area contributed by atoms with E-state index in [4.69, 9.17) is 39.5 Å². The Balaban J connectivity index is 1.76. The van der Waals surface area contributed by atoms with Crippen molar-refractivity contribution in [1.82, 2.24) is 9.55 Å². The minimum atomic E-state index is -0.829. The highest BCUT2D eigenvalue weighted by atomic mass is 35.5. The van der Waals surface area contributed by atoms with E-state index in [2.05, 4.69) is 9.72 Å². The molecular formula is C27H21Cl3F2N2O3. The van der Waals surface area contributed by atoms with Gasteiger partial charge in [0.15, 0.2) is 17.4 Å². The number of esters is 1. The summed E-state index contributed by atoms with van der Waals surface area (Å²) in [4.78, 5) is 16.3. The maximum absolute atomic E-state index is 14.8. The quantitative estimate of drug-likeness (QED) is 0.215. The van der Waals surface area contributed by atoms with Crippen molar-refractivity contribution in [3.63, 3.8) is 0 Å². The Labute approximate surface area is 227 Å². The lowest BCUT2D eigenvalue weighted by molar-refractivity contribution is 0.0600. The zero-order valence-corrected chi connectivity index (χ0v) is 22.3. The van der Waals surface area contributed by atoms with Crippen molar-refractivity contribution < 1.29 is 23.0 Å². The molecule has 1 heterocycles. The van der Waals surface area contributed by atoms with E-state index >= 15 is 0 Å². The van der Waals surface area contributed by atoms with Crippen LogP contribution in [0.5, 0.6) is 5.75 Å². The van der Waals surface area contributed by atoms with Crippen molar-refractivity contribution in [1.29, 1.82) is 0 Å². The number of ether oxygens (including phenoxy) is 2. The molecule has 0 saturated carbocycles. The highest BCUT2D eigenvalue weighted by Crippen LogP contribution is 2.37. The fourth-order valence-corrected chi connectivity index (χ4v) is 4.47. The van der Waals surface area contributed by atoms with E-state index in [0.717, 1.165) is 17.3 Å². The summed E-state index contributed by atoms with van der Waals surface area (Å²) < 4.78 is 40.6. The van der Waals surface area contributed by atoms with Crippen LogP contribution in [0.25, 0.3) is 5.69 Å². The van der Waals surface area contributed by atoms with Crippen LogP contribution in [0, 0.1) is 11.6 Å². The number of nitrogens with zero attached hydrogens (tertiary/aromatic N) is 2. The van der Waals surface area contributed by atoms with Gasteiger partial charge in [0.25, 0.3) is 0 Å². The van der Waals surface area contributed by atoms with Crippen molar-refractivity contribution in [3.8, 4) is 11.4 Å². The second-order valence-electron chi connectivity index (χ2n) is 8.67.